The summed E-state index contributed by atoms with van der Waals surface area (Å²) in [7, 11) is 0. The molecular formula is C27H29N9O. The first kappa shape index (κ1) is 24.3. The van der Waals surface area contributed by atoms with E-state index in [-0.39, 0.29) is 17.6 Å². The van der Waals surface area contributed by atoms with E-state index in [0.29, 0.717) is 30.3 Å². The number of hydrogen-bond acceptors (Lipinski definition) is 8. The van der Waals surface area contributed by atoms with Gasteiger partial charge in [0, 0.05) is 36.3 Å². The summed E-state index contributed by atoms with van der Waals surface area (Å²) in [6.45, 7) is 9.73. The molecule has 4 aromatic heterocycles. The first-order chi connectivity index (χ1) is 17.8. The number of nitriles is 2. The Morgan fingerprint density at radius 3 is 2.54 bits per heavy atom. The van der Waals surface area contributed by atoms with Crippen LogP contribution in [0.5, 0.6) is 5.88 Å². The van der Waals surface area contributed by atoms with Crippen molar-refractivity contribution in [1.29, 1.82) is 10.5 Å². The fourth-order valence-electron chi connectivity index (χ4n) is 4.88. The second kappa shape index (κ2) is 9.55. The molecule has 37 heavy (non-hydrogen) atoms. The molecule has 0 saturated carbocycles. The maximum absolute atomic E-state index is 9.75. The van der Waals surface area contributed by atoms with E-state index in [1.807, 2.05) is 41.9 Å². The van der Waals surface area contributed by atoms with E-state index in [1.54, 1.807) is 21.7 Å². The number of imidazole rings is 1. The van der Waals surface area contributed by atoms with Crippen molar-refractivity contribution in [3.63, 3.8) is 0 Å². The molecule has 1 saturated heterocycles. The third kappa shape index (κ3) is 4.58. The van der Waals surface area contributed by atoms with Crippen LogP contribution in [0, 0.1) is 35.1 Å². The van der Waals surface area contributed by atoms with Gasteiger partial charge in [0.2, 0.25) is 5.88 Å². The SMILES string of the molecule is Cc1c(-c2cc(OC(c3ccccn3)C(C)(C)C)n3c(C#N)cnc3c2)nnn1C1CCN(C#N)CC1. The normalized spacial score (nSPS) is 15.4. The van der Waals surface area contributed by atoms with Crippen molar-refractivity contribution in [2.24, 2.45) is 5.41 Å². The Balaban J connectivity index is 1.57. The minimum absolute atomic E-state index is 0.191. The van der Waals surface area contributed by atoms with E-state index >= 15 is 0 Å². The summed E-state index contributed by atoms with van der Waals surface area (Å²) in [5.74, 6) is 0.489. The Hall–Kier alpha value is -4.44. The quantitative estimate of drug-likeness (QED) is 0.372. The number of piperidine rings is 1. The van der Waals surface area contributed by atoms with E-state index in [0.717, 1.165) is 35.5 Å². The largest absolute Gasteiger partial charge is 0.468 e. The van der Waals surface area contributed by atoms with E-state index in [9.17, 15) is 10.5 Å². The lowest BCUT2D eigenvalue weighted by atomic mass is 9.86. The molecule has 0 aromatic carbocycles. The van der Waals surface area contributed by atoms with Gasteiger partial charge < -0.3 is 9.64 Å². The fourth-order valence-corrected chi connectivity index (χ4v) is 4.88. The summed E-state index contributed by atoms with van der Waals surface area (Å²) in [4.78, 5) is 10.8. The van der Waals surface area contributed by atoms with Crippen molar-refractivity contribution in [1.82, 2.24) is 34.3 Å². The summed E-state index contributed by atoms with van der Waals surface area (Å²) in [6.07, 6.45) is 6.84. The molecule has 0 amide bonds. The smallest absolute Gasteiger partial charge is 0.201 e. The van der Waals surface area contributed by atoms with E-state index in [4.69, 9.17) is 4.74 Å². The fraction of sp³-hybridized carbons (Fsp3) is 0.407. The highest BCUT2D eigenvalue weighted by Gasteiger charge is 2.31. The molecular weight excluding hydrogens is 466 g/mol. The molecule has 0 spiro atoms. The maximum Gasteiger partial charge on any atom is 0.201 e. The third-order valence-corrected chi connectivity index (χ3v) is 6.82. The van der Waals surface area contributed by atoms with Gasteiger partial charge in [-0.2, -0.15) is 10.5 Å². The molecule has 0 bridgehead atoms. The minimum Gasteiger partial charge on any atom is -0.468 e. The zero-order valence-corrected chi connectivity index (χ0v) is 21.5. The van der Waals surface area contributed by atoms with E-state index in [2.05, 4.69) is 53.3 Å². The van der Waals surface area contributed by atoms with Crippen LogP contribution in [-0.4, -0.2) is 47.4 Å². The summed E-state index contributed by atoms with van der Waals surface area (Å²) in [5, 5.41) is 27.9. The standard InChI is InChI=1S/C27H29N9O/c1-18-25(32-33-36(18)20-8-11-34(17-29)12-9-20)19-13-23-31-16-21(15-28)35(23)24(14-19)37-26(27(2,3)4)22-7-5-6-10-30-22/h5-7,10,13-14,16,20,26H,8-9,11-12H2,1-4H3. The molecule has 188 valence electrons. The van der Waals surface area contributed by atoms with Gasteiger partial charge in [0.25, 0.3) is 0 Å². The van der Waals surface area contributed by atoms with Crippen molar-refractivity contribution >= 4 is 5.65 Å². The van der Waals surface area contributed by atoms with Crippen LogP contribution < -0.4 is 4.74 Å². The van der Waals surface area contributed by atoms with Gasteiger partial charge in [-0.25, -0.2) is 9.67 Å². The van der Waals surface area contributed by atoms with Crippen LogP contribution in [0.15, 0.2) is 42.7 Å². The van der Waals surface area contributed by atoms with Gasteiger partial charge in [-0.1, -0.05) is 32.1 Å². The average Bonchev–Trinajstić information content (AvgIpc) is 3.50. The number of rotatable bonds is 5. The van der Waals surface area contributed by atoms with Crippen LogP contribution in [0.3, 0.4) is 0 Å². The highest BCUT2D eigenvalue weighted by atomic mass is 16.5. The first-order valence-corrected chi connectivity index (χ1v) is 12.4. The molecule has 1 aliphatic heterocycles. The van der Waals surface area contributed by atoms with Crippen molar-refractivity contribution in [3.05, 3.63) is 59.8 Å². The van der Waals surface area contributed by atoms with Gasteiger partial charge in [0.05, 0.1) is 23.6 Å². The Labute approximate surface area is 215 Å². The molecule has 5 rings (SSSR count). The van der Waals surface area contributed by atoms with Gasteiger partial charge in [-0.3, -0.25) is 9.38 Å². The summed E-state index contributed by atoms with van der Waals surface area (Å²) < 4.78 is 10.3. The minimum atomic E-state index is -0.372. The van der Waals surface area contributed by atoms with Gasteiger partial charge in [0.1, 0.15) is 29.2 Å². The maximum atomic E-state index is 9.75. The lowest BCUT2D eigenvalue weighted by molar-refractivity contribution is 0.0770. The Bertz CT molecular complexity index is 1490. The van der Waals surface area contributed by atoms with Crippen molar-refractivity contribution in [2.45, 2.75) is 52.7 Å². The summed E-state index contributed by atoms with van der Waals surface area (Å²) in [5.41, 5.74) is 3.99. The molecule has 1 atom stereocenters. The molecule has 0 N–H and O–H groups in total. The lowest BCUT2D eigenvalue weighted by Crippen LogP contribution is -2.31. The number of pyridine rings is 2. The van der Waals surface area contributed by atoms with E-state index in [1.165, 1.54) is 0 Å². The first-order valence-electron chi connectivity index (χ1n) is 12.4. The molecule has 4 aromatic rings. The molecule has 10 heteroatoms. The number of fused-ring (bicyclic) bond motifs is 1. The van der Waals surface area contributed by atoms with Crippen molar-refractivity contribution in [2.75, 3.05) is 13.1 Å². The Morgan fingerprint density at radius 2 is 1.89 bits per heavy atom. The van der Waals surface area contributed by atoms with Crippen LogP contribution in [-0.2, 0) is 0 Å². The lowest BCUT2D eigenvalue weighted by Gasteiger charge is -2.31. The van der Waals surface area contributed by atoms with Gasteiger partial charge >= 0.3 is 0 Å². The van der Waals surface area contributed by atoms with Crippen molar-refractivity contribution in [3.8, 4) is 29.4 Å². The van der Waals surface area contributed by atoms with Gasteiger partial charge in [0.15, 0.2) is 6.19 Å². The monoisotopic (exact) mass is 495 g/mol. The molecule has 1 fully saturated rings. The molecule has 5 heterocycles. The summed E-state index contributed by atoms with van der Waals surface area (Å²) in [6, 6.07) is 12.0. The van der Waals surface area contributed by atoms with Gasteiger partial charge in [-0.05, 0) is 38.0 Å². The third-order valence-electron chi connectivity index (χ3n) is 6.82. The zero-order chi connectivity index (χ0) is 26.2. The highest BCUT2D eigenvalue weighted by Crippen LogP contribution is 2.38. The predicted octanol–water partition coefficient (Wildman–Crippen LogP) is 4.45. The molecule has 1 aliphatic rings. The number of ether oxygens (including phenoxy) is 1. The van der Waals surface area contributed by atoms with Crippen LogP contribution in [0.25, 0.3) is 16.9 Å². The van der Waals surface area contributed by atoms with Crippen LogP contribution in [0.2, 0.25) is 0 Å². The molecule has 0 aliphatic carbocycles. The van der Waals surface area contributed by atoms with Crippen LogP contribution in [0.1, 0.15) is 62.8 Å². The Kier molecular flexibility index (Phi) is 6.26. The molecule has 1 unspecified atom stereocenters. The van der Waals surface area contributed by atoms with E-state index < -0.39 is 0 Å². The Morgan fingerprint density at radius 1 is 1.11 bits per heavy atom. The predicted molar refractivity (Wildman–Crippen MR) is 136 cm³/mol. The van der Waals surface area contributed by atoms with Crippen LogP contribution >= 0.6 is 0 Å². The second-order valence-corrected chi connectivity index (χ2v) is 10.4. The van der Waals surface area contributed by atoms with Crippen LogP contribution in [0.4, 0.5) is 0 Å². The molecule has 0 radical (unpaired) electrons. The second-order valence-electron chi connectivity index (χ2n) is 10.4. The number of hydrogen-bond donors (Lipinski definition) is 0. The van der Waals surface area contributed by atoms with Crippen molar-refractivity contribution < 1.29 is 4.74 Å². The highest BCUT2D eigenvalue weighted by molar-refractivity contribution is 5.68. The number of aromatic nitrogens is 6. The molecule has 10 nitrogen and oxygen atoms in total. The van der Waals surface area contributed by atoms with Gasteiger partial charge in [-0.15, -0.1) is 5.10 Å². The number of likely N-dealkylation sites (tertiary alicyclic amines) is 1. The topological polar surface area (TPSA) is 121 Å². The summed E-state index contributed by atoms with van der Waals surface area (Å²) >= 11 is 0. The average molecular weight is 496 g/mol. The number of nitrogens with zero attached hydrogens (tertiary/aromatic N) is 9. The zero-order valence-electron chi connectivity index (χ0n) is 21.5.